The van der Waals surface area contributed by atoms with Crippen molar-refractivity contribution in [2.45, 2.75) is 33.7 Å². The van der Waals surface area contributed by atoms with E-state index in [-0.39, 0.29) is 23.3 Å². The lowest BCUT2D eigenvalue weighted by Gasteiger charge is -2.08. The standard InChI is InChI=1S/C23H23N3O4S/c1-4-9-30-18-11-24-16(10-17(18)27)12-26-22(28)20-19(15-7-5-13(2)6-8-15)14(3)31-21(20)25-23(26)29/h5-8,10-11H,4,9,12H2,1-3H3,(H,24,27)(H,25,29). The van der Waals surface area contributed by atoms with E-state index in [0.717, 1.165) is 32.6 Å². The van der Waals surface area contributed by atoms with Gasteiger partial charge in [0.05, 0.1) is 18.5 Å². The van der Waals surface area contributed by atoms with Gasteiger partial charge in [-0.25, -0.2) is 4.79 Å². The number of H-pyrrole nitrogens is 2. The fourth-order valence-corrected chi connectivity index (χ4v) is 4.58. The smallest absolute Gasteiger partial charge is 0.329 e. The van der Waals surface area contributed by atoms with E-state index in [1.807, 2.05) is 45.0 Å². The highest BCUT2D eigenvalue weighted by Crippen LogP contribution is 2.35. The Balaban J connectivity index is 1.81. The van der Waals surface area contributed by atoms with Crippen LogP contribution in [0.25, 0.3) is 21.3 Å². The Morgan fingerprint density at radius 3 is 2.52 bits per heavy atom. The molecule has 0 aliphatic rings. The first-order valence-corrected chi connectivity index (χ1v) is 10.9. The van der Waals surface area contributed by atoms with Gasteiger partial charge >= 0.3 is 5.69 Å². The molecule has 0 saturated heterocycles. The summed E-state index contributed by atoms with van der Waals surface area (Å²) in [5, 5.41) is 0.483. The van der Waals surface area contributed by atoms with Gasteiger partial charge in [-0.1, -0.05) is 36.8 Å². The van der Waals surface area contributed by atoms with E-state index in [1.165, 1.54) is 23.6 Å². The van der Waals surface area contributed by atoms with Gasteiger partial charge in [0.15, 0.2) is 5.75 Å². The molecule has 3 heterocycles. The number of ether oxygens (including phenoxy) is 1. The molecule has 0 amide bonds. The molecule has 8 heteroatoms. The van der Waals surface area contributed by atoms with Gasteiger partial charge in [-0.2, -0.15) is 0 Å². The molecule has 1 aromatic carbocycles. The van der Waals surface area contributed by atoms with Crippen LogP contribution >= 0.6 is 11.3 Å². The number of thiophene rings is 1. The lowest BCUT2D eigenvalue weighted by atomic mass is 10.0. The second kappa shape index (κ2) is 8.39. The summed E-state index contributed by atoms with van der Waals surface area (Å²) in [5.41, 5.74) is 2.14. The maximum Gasteiger partial charge on any atom is 0.329 e. The van der Waals surface area contributed by atoms with Gasteiger partial charge in [0.25, 0.3) is 5.56 Å². The Labute approximate surface area is 182 Å². The summed E-state index contributed by atoms with van der Waals surface area (Å²) < 4.78 is 6.51. The second-order valence-electron chi connectivity index (χ2n) is 7.46. The largest absolute Gasteiger partial charge is 0.488 e. The number of aryl methyl sites for hydroxylation is 2. The molecule has 160 valence electrons. The Morgan fingerprint density at radius 1 is 1.10 bits per heavy atom. The molecule has 7 nitrogen and oxygen atoms in total. The zero-order chi connectivity index (χ0) is 22.1. The molecule has 0 unspecified atom stereocenters. The molecule has 0 bridgehead atoms. The Bertz CT molecular complexity index is 1420. The molecule has 2 N–H and O–H groups in total. The number of aromatic nitrogens is 3. The summed E-state index contributed by atoms with van der Waals surface area (Å²) in [5.74, 6) is 0.220. The maximum absolute atomic E-state index is 13.4. The van der Waals surface area contributed by atoms with E-state index in [4.69, 9.17) is 4.74 Å². The van der Waals surface area contributed by atoms with Crippen molar-refractivity contribution in [2.24, 2.45) is 0 Å². The van der Waals surface area contributed by atoms with Crippen molar-refractivity contribution >= 4 is 21.6 Å². The van der Waals surface area contributed by atoms with Crippen LogP contribution in [-0.4, -0.2) is 21.1 Å². The van der Waals surface area contributed by atoms with Crippen LogP contribution in [0.5, 0.6) is 5.75 Å². The summed E-state index contributed by atoms with van der Waals surface area (Å²) >= 11 is 1.39. The molecule has 0 aliphatic heterocycles. The van der Waals surface area contributed by atoms with Crippen LogP contribution in [0.1, 0.15) is 29.5 Å². The van der Waals surface area contributed by atoms with Crippen LogP contribution in [0.15, 0.2) is 50.9 Å². The van der Waals surface area contributed by atoms with Crippen molar-refractivity contribution in [1.29, 1.82) is 0 Å². The number of rotatable bonds is 6. The van der Waals surface area contributed by atoms with E-state index in [0.29, 0.717) is 22.5 Å². The minimum Gasteiger partial charge on any atom is -0.488 e. The van der Waals surface area contributed by atoms with Gasteiger partial charge in [-0.05, 0) is 25.8 Å². The summed E-state index contributed by atoms with van der Waals surface area (Å²) in [6, 6.07) is 9.31. The van der Waals surface area contributed by atoms with Gasteiger partial charge in [0, 0.05) is 28.4 Å². The summed E-state index contributed by atoms with van der Waals surface area (Å²) in [7, 11) is 0. The van der Waals surface area contributed by atoms with Crippen molar-refractivity contribution < 1.29 is 4.74 Å². The van der Waals surface area contributed by atoms with E-state index in [1.54, 1.807) is 0 Å². The molecule has 0 fully saturated rings. The number of fused-ring (bicyclic) bond motifs is 1. The van der Waals surface area contributed by atoms with Crippen LogP contribution in [0.3, 0.4) is 0 Å². The van der Waals surface area contributed by atoms with Crippen LogP contribution in [0, 0.1) is 13.8 Å². The van der Waals surface area contributed by atoms with Crippen LogP contribution in [0.4, 0.5) is 0 Å². The summed E-state index contributed by atoms with van der Waals surface area (Å²) in [4.78, 5) is 45.6. The maximum atomic E-state index is 13.4. The highest BCUT2D eigenvalue weighted by molar-refractivity contribution is 7.19. The molecule has 0 radical (unpaired) electrons. The minimum absolute atomic E-state index is 0.0460. The Kier molecular flexibility index (Phi) is 5.65. The van der Waals surface area contributed by atoms with Gasteiger partial charge < -0.3 is 9.72 Å². The van der Waals surface area contributed by atoms with Gasteiger partial charge in [-0.15, -0.1) is 11.3 Å². The first-order valence-electron chi connectivity index (χ1n) is 10.1. The number of benzene rings is 1. The van der Waals surface area contributed by atoms with Crippen molar-refractivity contribution in [1.82, 2.24) is 14.5 Å². The number of hydrogen-bond acceptors (Lipinski definition) is 5. The summed E-state index contributed by atoms with van der Waals surface area (Å²) in [6.07, 6.45) is 2.26. The fraction of sp³-hybridized carbons (Fsp3) is 0.261. The molecule has 4 rings (SSSR count). The van der Waals surface area contributed by atoms with Crippen molar-refractivity contribution in [3.05, 3.63) is 83.7 Å². The SMILES string of the molecule is CCCOc1c[nH]c(Cn2c(=O)[nH]c3sc(C)c(-c4ccc(C)cc4)c3c2=O)cc1=O. The molecule has 0 spiro atoms. The monoisotopic (exact) mass is 437 g/mol. The topological polar surface area (TPSA) is 96.9 Å². The molecular formula is C23H23N3O4S. The third-order valence-electron chi connectivity index (χ3n) is 5.08. The molecule has 0 aliphatic carbocycles. The highest BCUT2D eigenvalue weighted by Gasteiger charge is 2.18. The van der Waals surface area contributed by atoms with E-state index >= 15 is 0 Å². The van der Waals surface area contributed by atoms with Gasteiger partial charge in [0.1, 0.15) is 4.83 Å². The van der Waals surface area contributed by atoms with E-state index in [2.05, 4.69) is 9.97 Å². The number of aromatic amines is 2. The molecular weight excluding hydrogens is 414 g/mol. The van der Waals surface area contributed by atoms with Gasteiger partial charge in [0.2, 0.25) is 5.43 Å². The quantitative estimate of drug-likeness (QED) is 0.482. The number of nitrogens with zero attached hydrogens (tertiary/aromatic N) is 1. The van der Waals surface area contributed by atoms with Crippen LogP contribution in [-0.2, 0) is 6.54 Å². The van der Waals surface area contributed by atoms with Crippen LogP contribution in [0.2, 0.25) is 0 Å². The highest BCUT2D eigenvalue weighted by atomic mass is 32.1. The fourth-order valence-electron chi connectivity index (χ4n) is 3.53. The van der Waals surface area contributed by atoms with E-state index < -0.39 is 5.69 Å². The lowest BCUT2D eigenvalue weighted by Crippen LogP contribution is -2.35. The molecule has 0 saturated carbocycles. The predicted molar refractivity (Wildman–Crippen MR) is 124 cm³/mol. The Morgan fingerprint density at radius 2 is 1.84 bits per heavy atom. The molecule has 0 atom stereocenters. The van der Waals surface area contributed by atoms with Crippen LogP contribution < -0.4 is 21.4 Å². The first-order chi connectivity index (χ1) is 14.9. The number of nitrogens with one attached hydrogen (secondary N) is 2. The number of pyridine rings is 1. The van der Waals surface area contributed by atoms with Crippen molar-refractivity contribution in [3.8, 4) is 16.9 Å². The second-order valence-corrected chi connectivity index (χ2v) is 8.68. The van der Waals surface area contributed by atoms with Gasteiger partial charge in [-0.3, -0.25) is 19.1 Å². The van der Waals surface area contributed by atoms with Crippen molar-refractivity contribution in [2.75, 3.05) is 6.61 Å². The molecule has 4 aromatic rings. The third kappa shape index (κ3) is 3.98. The van der Waals surface area contributed by atoms with Crippen molar-refractivity contribution in [3.63, 3.8) is 0 Å². The lowest BCUT2D eigenvalue weighted by molar-refractivity contribution is 0.313. The zero-order valence-corrected chi connectivity index (χ0v) is 18.4. The predicted octanol–water partition coefficient (Wildman–Crippen LogP) is 3.56. The Hall–Kier alpha value is -3.39. The average molecular weight is 438 g/mol. The summed E-state index contributed by atoms with van der Waals surface area (Å²) in [6.45, 7) is 6.29. The van der Waals surface area contributed by atoms with E-state index in [9.17, 15) is 14.4 Å². The average Bonchev–Trinajstić information content (AvgIpc) is 3.07. The third-order valence-corrected chi connectivity index (χ3v) is 6.10. The minimum atomic E-state index is -0.513. The first kappa shape index (κ1) is 20.9. The molecule has 3 aromatic heterocycles. The normalized spacial score (nSPS) is 11.2. The number of hydrogen-bond donors (Lipinski definition) is 2. The zero-order valence-electron chi connectivity index (χ0n) is 17.6. The molecule has 31 heavy (non-hydrogen) atoms.